The number of rotatable bonds is 2. The average molecular weight is 138 g/mol. The van der Waals surface area contributed by atoms with Crippen molar-refractivity contribution in [1.29, 1.82) is 0 Å². The molecule has 0 saturated heterocycles. The van der Waals surface area contributed by atoms with Crippen molar-refractivity contribution in [3.8, 4) is 0 Å². The van der Waals surface area contributed by atoms with Crippen LogP contribution in [0.3, 0.4) is 0 Å². The minimum absolute atomic E-state index is 0.512. The monoisotopic (exact) mass is 138 g/mol. The molecule has 0 radical (unpaired) electrons. The number of hydrazine groups is 1. The number of carbonyl (C=O) groups excluding carboxylic acids is 2. The van der Waals surface area contributed by atoms with E-state index in [2.05, 4.69) is 5.43 Å². The molecule has 1 heterocycles. The summed E-state index contributed by atoms with van der Waals surface area (Å²) >= 11 is 0. The van der Waals surface area contributed by atoms with Crippen molar-refractivity contribution in [3.05, 3.63) is 24.0 Å². The maximum Gasteiger partial charge on any atom is 0.232 e. The van der Waals surface area contributed by atoms with Crippen LogP contribution in [0.4, 0.5) is 0 Å². The molecule has 1 N–H and O–H groups in total. The van der Waals surface area contributed by atoms with Gasteiger partial charge in [-0.05, 0) is 6.08 Å². The van der Waals surface area contributed by atoms with Crippen molar-refractivity contribution < 1.29 is 9.59 Å². The van der Waals surface area contributed by atoms with Gasteiger partial charge in [0.25, 0.3) is 0 Å². The lowest BCUT2D eigenvalue weighted by Crippen LogP contribution is -2.29. The van der Waals surface area contributed by atoms with E-state index in [9.17, 15) is 9.59 Å². The van der Waals surface area contributed by atoms with Crippen molar-refractivity contribution in [3.63, 3.8) is 0 Å². The molecule has 0 saturated carbocycles. The van der Waals surface area contributed by atoms with Crippen LogP contribution in [0.5, 0.6) is 0 Å². The first-order valence-electron chi connectivity index (χ1n) is 2.70. The molecule has 1 amide bonds. The zero-order valence-corrected chi connectivity index (χ0v) is 5.15. The molecule has 1 aliphatic heterocycles. The summed E-state index contributed by atoms with van der Waals surface area (Å²) in [6, 6.07) is 0. The zero-order chi connectivity index (χ0) is 7.40. The Labute approximate surface area is 57.8 Å². The SMILES string of the molecule is O=CC1=CNN(C=O)C=C1. The summed E-state index contributed by atoms with van der Waals surface area (Å²) in [6.45, 7) is 0. The predicted octanol–water partition coefficient (Wildman–Crippen LogP) is -0.441. The van der Waals surface area contributed by atoms with Gasteiger partial charge in [-0.3, -0.25) is 15.0 Å². The molecule has 10 heavy (non-hydrogen) atoms. The molecule has 1 aliphatic rings. The molecule has 0 aromatic heterocycles. The number of carbonyl (C=O) groups is 2. The summed E-state index contributed by atoms with van der Waals surface area (Å²) in [4.78, 5) is 20.1. The molecule has 1 rings (SSSR count). The third-order valence-electron chi connectivity index (χ3n) is 1.06. The van der Waals surface area contributed by atoms with Gasteiger partial charge < -0.3 is 0 Å². The van der Waals surface area contributed by atoms with E-state index >= 15 is 0 Å². The molecule has 0 aliphatic carbocycles. The van der Waals surface area contributed by atoms with Gasteiger partial charge in [0.2, 0.25) is 6.41 Å². The Morgan fingerprint density at radius 1 is 1.50 bits per heavy atom. The van der Waals surface area contributed by atoms with Crippen LogP contribution < -0.4 is 5.43 Å². The number of hydrogen-bond donors (Lipinski definition) is 1. The Bertz CT molecular complexity index is 208. The predicted molar refractivity (Wildman–Crippen MR) is 34.3 cm³/mol. The molecule has 4 heteroatoms. The van der Waals surface area contributed by atoms with Gasteiger partial charge in [0.05, 0.1) is 0 Å². The fourth-order valence-electron chi connectivity index (χ4n) is 0.545. The Kier molecular flexibility index (Phi) is 1.84. The summed E-state index contributed by atoms with van der Waals surface area (Å²) in [5.74, 6) is 0. The minimum atomic E-state index is 0.512. The lowest BCUT2D eigenvalue weighted by molar-refractivity contribution is -0.117. The van der Waals surface area contributed by atoms with E-state index in [1.165, 1.54) is 23.5 Å². The molecule has 0 aromatic rings. The topological polar surface area (TPSA) is 49.4 Å². The van der Waals surface area contributed by atoms with Crippen molar-refractivity contribution in [2.75, 3.05) is 0 Å². The van der Waals surface area contributed by atoms with E-state index < -0.39 is 0 Å². The second-order valence-electron chi connectivity index (χ2n) is 1.72. The number of nitrogens with zero attached hydrogens (tertiary/aromatic N) is 1. The maximum absolute atomic E-state index is 10.1. The van der Waals surface area contributed by atoms with Gasteiger partial charge in [-0.2, -0.15) is 0 Å². The summed E-state index contributed by atoms with van der Waals surface area (Å²) in [5, 5.41) is 1.20. The van der Waals surface area contributed by atoms with Crippen LogP contribution in [0.2, 0.25) is 0 Å². The summed E-state index contributed by atoms with van der Waals surface area (Å²) in [7, 11) is 0. The van der Waals surface area contributed by atoms with Gasteiger partial charge in [-0.15, -0.1) is 0 Å². The first-order chi connectivity index (χ1) is 4.86. The lowest BCUT2D eigenvalue weighted by Gasteiger charge is -2.14. The van der Waals surface area contributed by atoms with E-state index in [1.54, 1.807) is 0 Å². The summed E-state index contributed by atoms with van der Waals surface area (Å²) < 4.78 is 0. The Balaban J connectivity index is 2.62. The lowest BCUT2D eigenvalue weighted by atomic mass is 10.3. The van der Waals surface area contributed by atoms with Crippen LogP contribution in [-0.2, 0) is 9.59 Å². The van der Waals surface area contributed by atoms with Crippen LogP contribution in [0.15, 0.2) is 24.0 Å². The molecule has 0 spiro atoms. The molecule has 0 fully saturated rings. The molecule has 0 atom stereocenters. The Morgan fingerprint density at radius 2 is 2.30 bits per heavy atom. The number of aldehydes is 1. The second-order valence-corrected chi connectivity index (χ2v) is 1.72. The third-order valence-corrected chi connectivity index (χ3v) is 1.06. The maximum atomic E-state index is 10.1. The van der Waals surface area contributed by atoms with Crippen LogP contribution in [0.25, 0.3) is 0 Å². The number of allylic oxidation sites excluding steroid dienone is 2. The van der Waals surface area contributed by atoms with Gasteiger partial charge >= 0.3 is 0 Å². The molecule has 0 aromatic carbocycles. The van der Waals surface area contributed by atoms with Gasteiger partial charge in [0.1, 0.15) is 0 Å². The third kappa shape index (κ3) is 1.22. The standard InChI is InChI=1S/C6H6N2O2/c9-4-6-1-2-8(5-10)7-3-6/h1-5,7H. The van der Waals surface area contributed by atoms with Crippen molar-refractivity contribution in [1.82, 2.24) is 10.4 Å². The van der Waals surface area contributed by atoms with Gasteiger partial charge in [0, 0.05) is 18.0 Å². The fraction of sp³-hybridized carbons (Fsp3) is 0. The molecule has 0 bridgehead atoms. The molecule has 4 nitrogen and oxygen atoms in total. The van der Waals surface area contributed by atoms with Crippen LogP contribution in [0, 0.1) is 0 Å². The largest absolute Gasteiger partial charge is 0.299 e. The number of hydrogen-bond acceptors (Lipinski definition) is 3. The molecule has 0 unspecified atom stereocenters. The second kappa shape index (κ2) is 2.82. The Hall–Kier alpha value is -1.58. The first-order valence-corrected chi connectivity index (χ1v) is 2.70. The van der Waals surface area contributed by atoms with Gasteiger partial charge in [-0.1, -0.05) is 0 Å². The van der Waals surface area contributed by atoms with Crippen LogP contribution in [0.1, 0.15) is 0 Å². The minimum Gasteiger partial charge on any atom is -0.299 e. The van der Waals surface area contributed by atoms with E-state index in [0.717, 1.165) is 0 Å². The quantitative estimate of drug-likeness (QED) is 0.526. The van der Waals surface area contributed by atoms with Crippen molar-refractivity contribution in [2.45, 2.75) is 0 Å². The van der Waals surface area contributed by atoms with Gasteiger partial charge in [-0.25, -0.2) is 5.01 Å². The number of nitrogens with one attached hydrogen (secondary N) is 1. The highest BCUT2D eigenvalue weighted by molar-refractivity contribution is 5.77. The summed E-state index contributed by atoms with van der Waals surface area (Å²) in [5.41, 5.74) is 3.07. The van der Waals surface area contributed by atoms with E-state index in [4.69, 9.17) is 0 Å². The van der Waals surface area contributed by atoms with Gasteiger partial charge in [0.15, 0.2) is 6.29 Å². The molecular formula is C6H6N2O2. The zero-order valence-electron chi connectivity index (χ0n) is 5.15. The van der Waals surface area contributed by atoms with Crippen molar-refractivity contribution >= 4 is 12.7 Å². The van der Waals surface area contributed by atoms with E-state index in [-0.39, 0.29) is 0 Å². The first kappa shape index (κ1) is 6.54. The highest BCUT2D eigenvalue weighted by Crippen LogP contribution is 1.96. The molecule has 52 valence electrons. The summed E-state index contributed by atoms with van der Waals surface area (Å²) in [6.07, 6.45) is 5.76. The fourth-order valence-corrected chi connectivity index (χ4v) is 0.545. The smallest absolute Gasteiger partial charge is 0.232 e. The highest BCUT2D eigenvalue weighted by Gasteiger charge is 1.98. The normalized spacial score (nSPS) is 15.6. The van der Waals surface area contributed by atoms with E-state index in [0.29, 0.717) is 18.3 Å². The van der Waals surface area contributed by atoms with Crippen molar-refractivity contribution in [2.24, 2.45) is 0 Å². The number of amides is 1. The molecular weight excluding hydrogens is 132 g/mol. The highest BCUT2D eigenvalue weighted by atomic mass is 16.1. The van der Waals surface area contributed by atoms with E-state index in [1.807, 2.05) is 0 Å². The Morgan fingerprint density at radius 3 is 2.70 bits per heavy atom. The average Bonchev–Trinajstić information content (AvgIpc) is 2.05. The van der Waals surface area contributed by atoms with Crippen LogP contribution in [-0.4, -0.2) is 17.7 Å². The van der Waals surface area contributed by atoms with Crippen LogP contribution >= 0.6 is 0 Å².